The Morgan fingerprint density at radius 2 is 1.76 bits per heavy atom. The number of hydrogen-bond acceptors (Lipinski definition) is 2. The minimum atomic E-state index is -0.224. The van der Waals surface area contributed by atoms with E-state index in [9.17, 15) is 9.59 Å². The van der Waals surface area contributed by atoms with Crippen molar-refractivity contribution in [3.63, 3.8) is 0 Å². The molecule has 0 aromatic rings. The van der Waals surface area contributed by atoms with Gasteiger partial charge in [0.2, 0.25) is 11.8 Å². The maximum Gasteiger partial charge on any atom is 0.226 e. The normalized spacial score (nSPS) is 25.9. The first-order valence-electron chi connectivity index (χ1n) is 6.41. The van der Waals surface area contributed by atoms with Crippen LogP contribution in [0.3, 0.4) is 0 Å². The second kappa shape index (κ2) is 5.34. The summed E-state index contributed by atoms with van der Waals surface area (Å²) >= 11 is 0. The van der Waals surface area contributed by atoms with Gasteiger partial charge in [0.1, 0.15) is 0 Å². The number of amides is 2. The maximum atomic E-state index is 12.2. The van der Waals surface area contributed by atoms with Gasteiger partial charge in [0, 0.05) is 24.9 Å². The van der Waals surface area contributed by atoms with Crippen molar-refractivity contribution in [2.24, 2.45) is 17.6 Å². The average Bonchev–Trinajstić information content (AvgIpc) is 2.39. The van der Waals surface area contributed by atoms with Crippen LogP contribution in [0.25, 0.3) is 0 Å². The molecule has 17 heavy (non-hydrogen) atoms. The summed E-state index contributed by atoms with van der Waals surface area (Å²) in [5.41, 5.74) is 5.28. The van der Waals surface area contributed by atoms with E-state index in [-0.39, 0.29) is 23.7 Å². The summed E-state index contributed by atoms with van der Waals surface area (Å²) in [5, 5.41) is 0. The second-order valence-corrected chi connectivity index (χ2v) is 4.98. The minimum Gasteiger partial charge on any atom is -0.369 e. The first-order chi connectivity index (χ1) is 8.18. The van der Waals surface area contributed by atoms with Crippen molar-refractivity contribution in [3.8, 4) is 0 Å². The standard InChI is InChI=1S/C13H20N2O2/c14-12(16)10-6-8-15(9-7-10)13(17)11-4-2-1-3-5-11/h1-2,10-11H,3-9H2,(H2,14,16). The molecule has 4 nitrogen and oxygen atoms in total. The zero-order chi connectivity index (χ0) is 12.3. The lowest BCUT2D eigenvalue weighted by Crippen LogP contribution is -2.44. The van der Waals surface area contributed by atoms with Crippen LogP contribution in [0.15, 0.2) is 12.2 Å². The second-order valence-electron chi connectivity index (χ2n) is 4.98. The number of carbonyl (C=O) groups is 2. The molecule has 94 valence electrons. The van der Waals surface area contributed by atoms with Gasteiger partial charge in [-0.15, -0.1) is 0 Å². The topological polar surface area (TPSA) is 63.4 Å². The quantitative estimate of drug-likeness (QED) is 0.729. The first-order valence-corrected chi connectivity index (χ1v) is 6.41. The molecule has 0 radical (unpaired) electrons. The number of nitrogens with zero attached hydrogens (tertiary/aromatic N) is 1. The van der Waals surface area contributed by atoms with E-state index in [1.165, 1.54) is 0 Å². The van der Waals surface area contributed by atoms with Gasteiger partial charge in [0.05, 0.1) is 0 Å². The Morgan fingerprint density at radius 1 is 1.06 bits per heavy atom. The molecule has 1 heterocycles. The number of allylic oxidation sites excluding steroid dienone is 2. The average molecular weight is 236 g/mol. The van der Waals surface area contributed by atoms with Crippen molar-refractivity contribution in [3.05, 3.63) is 12.2 Å². The minimum absolute atomic E-state index is 0.0368. The summed E-state index contributed by atoms with van der Waals surface area (Å²) in [4.78, 5) is 25.2. The molecule has 0 bridgehead atoms. The summed E-state index contributed by atoms with van der Waals surface area (Å²) in [6.07, 6.45) is 8.53. The van der Waals surface area contributed by atoms with Crippen LogP contribution in [0.5, 0.6) is 0 Å². The zero-order valence-electron chi connectivity index (χ0n) is 10.1. The summed E-state index contributed by atoms with van der Waals surface area (Å²) < 4.78 is 0. The molecule has 0 aromatic carbocycles. The van der Waals surface area contributed by atoms with Crippen molar-refractivity contribution < 1.29 is 9.59 Å². The Balaban J connectivity index is 1.85. The van der Waals surface area contributed by atoms with Gasteiger partial charge in [-0.05, 0) is 32.1 Å². The first kappa shape index (κ1) is 12.1. The van der Waals surface area contributed by atoms with E-state index < -0.39 is 0 Å². The Hall–Kier alpha value is -1.32. The number of rotatable bonds is 2. The van der Waals surface area contributed by atoms with E-state index in [0.29, 0.717) is 13.1 Å². The molecule has 0 aromatic heterocycles. The van der Waals surface area contributed by atoms with E-state index in [2.05, 4.69) is 12.2 Å². The van der Waals surface area contributed by atoms with Crippen LogP contribution in [0.2, 0.25) is 0 Å². The maximum absolute atomic E-state index is 12.2. The Bertz CT molecular complexity index is 330. The molecular formula is C13H20N2O2. The molecule has 4 heteroatoms. The number of carbonyl (C=O) groups excluding carboxylic acids is 2. The molecule has 2 aliphatic rings. The van der Waals surface area contributed by atoms with E-state index in [1.54, 1.807) is 0 Å². The molecule has 2 N–H and O–H groups in total. The fourth-order valence-corrected chi connectivity index (χ4v) is 2.66. The molecule has 1 saturated heterocycles. The van der Waals surface area contributed by atoms with Crippen LogP contribution < -0.4 is 5.73 Å². The van der Waals surface area contributed by atoms with Crippen molar-refractivity contribution in [1.82, 2.24) is 4.90 Å². The number of nitrogens with two attached hydrogens (primary N) is 1. The SMILES string of the molecule is NC(=O)C1CCN(C(=O)C2CC=CCC2)CC1. The predicted octanol–water partition coefficient (Wildman–Crippen LogP) is 1.07. The Labute approximate surface area is 102 Å². The molecule has 1 atom stereocenters. The zero-order valence-corrected chi connectivity index (χ0v) is 10.1. The van der Waals surface area contributed by atoms with Crippen molar-refractivity contribution in [2.75, 3.05) is 13.1 Å². The molecule has 1 unspecified atom stereocenters. The fraction of sp³-hybridized carbons (Fsp3) is 0.692. The lowest BCUT2D eigenvalue weighted by atomic mass is 9.90. The van der Waals surface area contributed by atoms with E-state index >= 15 is 0 Å². The van der Waals surface area contributed by atoms with Crippen molar-refractivity contribution in [1.29, 1.82) is 0 Å². The van der Waals surface area contributed by atoms with Crippen LogP contribution in [0.1, 0.15) is 32.1 Å². The van der Waals surface area contributed by atoms with Gasteiger partial charge in [-0.2, -0.15) is 0 Å². The predicted molar refractivity (Wildman–Crippen MR) is 65.0 cm³/mol. The molecule has 1 aliphatic carbocycles. The number of likely N-dealkylation sites (tertiary alicyclic amines) is 1. The van der Waals surface area contributed by atoms with E-state index in [1.807, 2.05) is 4.90 Å². The van der Waals surface area contributed by atoms with Crippen LogP contribution >= 0.6 is 0 Å². The van der Waals surface area contributed by atoms with E-state index in [4.69, 9.17) is 5.73 Å². The molecule has 0 saturated carbocycles. The molecule has 0 spiro atoms. The fourth-order valence-electron chi connectivity index (χ4n) is 2.66. The van der Waals surface area contributed by atoms with Gasteiger partial charge < -0.3 is 10.6 Å². The molecule has 1 fully saturated rings. The molecular weight excluding hydrogens is 216 g/mol. The number of hydrogen-bond donors (Lipinski definition) is 1. The highest BCUT2D eigenvalue weighted by molar-refractivity contribution is 5.80. The highest BCUT2D eigenvalue weighted by Crippen LogP contribution is 2.24. The van der Waals surface area contributed by atoms with Gasteiger partial charge >= 0.3 is 0 Å². The van der Waals surface area contributed by atoms with Crippen molar-refractivity contribution >= 4 is 11.8 Å². The van der Waals surface area contributed by atoms with Gasteiger partial charge in [-0.3, -0.25) is 9.59 Å². The van der Waals surface area contributed by atoms with E-state index in [0.717, 1.165) is 32.1 Å². The van der Waals surface area contributed by atoms with Gasteiger partial charge in [-0.25, -0.2) is 0 Å². The van der Waals surface area contributed by atoms with Gasteiger partial charge in [0.25, 0.3) is 0 Å². The Morgan fingerprint density at radius 3 is 2.29 bits per heavy atom. The third-order valence-electron chi connectivity index (χ3n) is 3.83. The third-order valence-corrected chi connectivity index (χ3v) is 3.83. The third kappa shape index (κ3) is 2.87. The number of primary amides is 1. The summed E-state index contributed by atoms with van der Waals surface area (Å²) in [6.45, 7) is 1.37. The van der Waals surface area contributed by atoms with Gasteiger partial charge in [0.15, 0.2) is 0 Å². The molecule has 2 amide bonds. The lowest BCUT2D eigenvalue weighted by molar-refractivity contribution is -0.138. The van der Waals surface area contributed by atoms with Gasteiger partial charge in [-0.1, -0.05) is 12.2 Å². The largest absolute Gasteiger partial charge is 0.369 e. The summed E-state index contributed by atoms with van der Waals surface area (Å²) in [5.74, 6) is 0.158. The summed E-state index contributed by atoms with van der Waals surface area (Å²) in [7, 11) is 0. The number of piperidine rings is 1. The monoisotopic (exact) mass is 236 g/mol. The Kier molecular flexibility index (Phi) is 3.82. The smallest absolute Gasteiger partial charge is 0.226 e. The van der Waals surface area contributed by atoms with Crippen LogP contribution in [-0.4, -0.2) is 29.8 Å². The molecule has 2 rings (SSSR count). The highest BCUT2D eigenvalue weighted by atomic mass is 16.2. The lowest BCUT2D eigenvalue weighted by Gasteiger charge is -2.33. The van der Waals surface area contributed by atoms with Crippen LogP contribution in [0, 0.1) is 11.8 Å². The highest BCUT2D eigenvalue weighted by Gasteiger charge is 2.29. The van der Waals surface area contributed by atoms with Crippen molar-refractivity contribution in [2.45, 2.75) is 32.1 Å². The van der Waals surface area contributed by atoms with Crippen LogP contribution in [-0.2, 0) is 9.59 Å². The summed E-state index contributed by atoms with van der Waals surface area (Å²) in [6, 6.07) is 0. The molecule has 1 aliphatic heterocycles. The van der Waals surface area contributed by atoms with Crippen LogP contribution in [0.4, 0.5) is 0 Å².